The third-order valence-corrected chi connectivity index (χ3v) is 9.84. The van der Waals surface area contributed by atoms with Crippen molar-refractivity contribution < 1.29 is 18.3 Å². The van der Waals surface area contributed by atoms with Gasteiger partial charge in [-0.2, -0.15) is 5.26 Å². The number of hydrogen-bond donors (Lipinski definition) is 2. The maximum atomic E-state index is 13.7. The first-order chi connectivity index (χ1) is 19.1. The third kappa shape index (κ3) is 5.25. The van der Waals surface area contributed by atoms with Gasteiger partial charge in [0.25, 0.3) is 0 Å². The van der Waals surface area contributed by atoms with Crippen LogP contribution in [0.5, 0.6) is 0 Å². The van der Waals surface area contributed by atoms with Crippen molar-refractivity contribution in [1.29, 1.82) is 5.26 Å². The first kappa shape index (κ1) is 27.9. The van der Waals surface area contributed by atoms with Crippen LogP contribution in [0.25, 0.3) is 16.7 Å². The normalized spacial score (nSPS) is 19.6. The van der Waals surface area contributed by atoms with Gasteiger partial charge in [-0.3, -0.25) is 13.7 Å². The average Bonchev–Trinajstić information content (AvgIpc) is 3.36. The molecular weight excluding hydrogens is 577 g/mol. The Bertz CT molecular complexity index is 1690. The van der Waals surface area contributed by atoms with Gasteiger partial charge in [-0.15, -0.1) is 10.2 Å². The zero-order valence-electron chi connectivity index (χ0n) is 21.3. The molecule has 0 bridgehead atoms. The molecule has 11 nitrogen and oxygen atoms in total. The number of aliphatic carboxylic acids is 1. The van der Waals surface area contributed by atoms with E-state index in [0.29, 0.717) is 28.1 Å². The monoisotopic (exact) mass is 601 g/mol. The Balaban J connectivity index is 1.52. The summed E-state index contributed by atoms with van der Waals surface area (Å²) in [6.07, 6.45) is 4.55. The third-order valence-electron chi connectivity index (χ3n) is 6.97. The van der Waals surface area contributed by atoms with Crippen molar-refractivity contribution in [2.24, 2.45) is 5.92 Å². The molecule has 2 atom stereocenters. The topological polar surface area (TPSA) is 144 Å². The minimum atomic E-state index is -4.24. The van der Waals surface area contributed by atoms with Gasteiger partial charge >= 0.3 is 5.97 Å². The molecule has 0 amide bonds. The molecule has 0 spiro atoms. The Morgan fingerprint density at radius 2 is 1.98 bits per heavy atom. The van der Waals surface area contributed by atoms with Crippen LogP contribution in [0.1, 0.15) is 12.5 Å². The van der Waals surface area contributed by atoms with Crippen molar-refractivity contribution in [3.8, 4) is 11.9 Å². The highest BCUT2D eigenvalue weighted by Gasteiger charge is 2.39. The molecule has 3 aromatic rings. The second-order valence-electron chi connectivity index (χ2n) is 9.50. The lowest BCUT2D eigenvalue weighted by atomic mass is 10.0. The van der Waals surface area contributed by atoms with Crippen molar-refractivity contribution in [3.63, 3.8) is 0 Å². The minimum absolute atomic E-state index is 0.163. The fraction of sp³-hybridized carbons (Fsp3) is 0.308. The molecule has 1 saturated heterocycles. The van der Waals surface area contributed by atoms with Gasteiger partial charge in [0.15, 0.2) is 11.6 Å². The summed E-state index contributed by atoms with van der Waals surface area (Å²) in [5, 5.41) is 31.3. The minimum Gasteiger partial charge on any atom is -0.480 e. The van der Waals surface area contributed by atoms with Crippen LogP contribution in [0.15, 0.2) is 58.7 Å². The number of fused-ring (bicyclic) bond motifs is 1. The van der Waals surface area contributed by atoms with Crippen LogP contribution in [-0.2, 0) is 14.8 Å². The number of rotatable bonds is 7. The second-order valence-corrected chi connectivity index (χ2v) is 12.4. The highest BCUT2D eigenvalue weighted by Crippen LogP contribution is 2.36. The van der Waals surface area contributed by atoms with E-state index < -0.39 is 33.7 Å². The highest BCUT2D eigenvalue weighted by molar-refractivity contribution is 7.93. The number of hydrogen-bond acceptors (Lipinski definition) is 8. The van der Waals surface area contributed by atoms with E-state index in [-0.39, 0.29) is 15.8 Å². The zero-order chi connectivity index (χ0) is 28.6. The molecule has 1 aromatic carbocycles. The largest absolute Gasteiger partial charge is 0.480 e. The summed E-state index contributed by atoms with van der Waals surface area (Å²) in [6.45, 7) is 4.00. The lowest BCUT2D eigenvalue weighted by Crippen LogP contribution is -2.44. The number of allylic oxidation sites excluding steroid dienone is 3. The second kappa shape index (κ2) is 11.1. The smallest absolute Gasteiger partial charge is 0.324 e. The number of halogens is 2. The van der Waals surface area contributed by atoms with E-state index in [4.69, 9.17) is 23.2 Å². The number of carboxylic acid groups (broad SMARTS) is 1. The fourth-order valence-electron chi connectivity index (χ4n) is 4.86. The van der Waals surface area contributed by atoms with Crippen LogP contribution in [-0.4, -0.2) is 72.2 Å². The number of benzene rings is 1. The predicted octanol–water partition coefficient (Wildman–Crippen LogP) is 3.19. The van der Waals surface area contributed by atoms with E-state index in [0.717, 1.165) is 30.5 Å². The molecule has 0 saturated carbocycles. The van der Waals surface area contributed by atoms with E-state index in [2.05, 4.69) is 26.5 Å². The summed E-state index contributed by atoms with van der Waals surface area (Å²) < 4.78 is 30.0. The van der Waals surface area contributed by atoms with Crippen LogP contribution in [0.2, 0.25) is 0 Å². The molecule has 2 unspecified atom stereocenters. The van der Waals surface area contributed by atoms with E-state index in [1.807, 2.05) is 0 Å². The van der Waals surface area contributed by atoms with Gasteiger partial charge in [-0.05, 0) is 36.4 Å². The van der Waals surface area contributed by atoms with Gasteiger partial charge < -0.3 is 15.3 Å². The number of carbonyl (C=O) groups is 1. The molecule has 2 aliphatic rings. The summed E-state index contributed by atoms with van der Waals surface area (Å²) in [6, 6.07) is 10.4. The number of nitriles is 1. The highest BCUT2D eigenvalue weighted by atomic mass is 35.5. The van der Waals surface area contributed by atoms with Gasteiger partial charge in [0.1, 0.15) is 23.4 Å². The average molecular weight is 603 g/mol. The van der Waals surface area contributed by atoms with Gasteiger partial charge in [0.2, 0.25) is 10.0 Å². The van der Waals surface area contributed by atoms with Crippen LogP contribution in [0, 0.1) is 17.2 Å². The Hall–Kier alpha value is -3.63. The number of aromatic nitrogens is 3. The zero-order valence-corrected chi connectivity index (χ0v) is 23.7. The van der Waals surface area contributed by atoms with Gasteiger partial charge in [-0.25, -0.2) is 8.42 Å². The summed E-state index contributed by atoms with van der Waals surface area (Å²) in [5.41, 5.74) is 1.13. The first-order valence-electron chi connectivity index (χ1n) is 12.4. The van der Waals surface area contributed by atoms with E-state index in [1.54, 1.807) is 42.0 Å². The summed E-state index contributed by atoms with van der Waals surface area (Å²) >= 11 is 12.3. The van der Waals surface area contributed by atoms with Crippen molar-refractivity contribution in [2.45, 2.75) is 12.2 Å². The predicted molar refractivity (Wildman–Crippen MR) is 153 cm³/mol. The first-order valence-corrected chi connectivity index (χ1v) is 14.7. The quantitative estimate of drug-likeness (QED) is 0.417. The van der Waals surface area contributed by atoms with Crippen molar-refractivity contribution in [1.82, 2.24) is 20.1 Å². The molecule has 2 N–H and O–H groups in total. The molecule has 14 heteroatoms. The number of piperazine rings is 1. The van der Waals surface area contributed by atoms with Crippen molar-refractivity contribution in [3.05, 3.63) is 64.3 Å². The Kier molecular flexibility index (Phi) is 7.74. The van der Waals surface area contributed by atoms with E-state index >= 15 is 0 Å². The number of nitrogens with one attached hydrogen (secondary N) is 1. The summed E-state index contributed by atoms with van der Waals surface area (Å²) in [5.74, 6) is -0.991. The lowest BCUT2D eigenvalue weighted by molar-refractivity contribution is -0.135. The van der Waals surface area contributed by atoms with Crippen LogP contribution in [0.3, 0.4) is 0 Å². The Morgan fingerprint density at radius 3 is 2.67 bits per heavy atom. The van der Waals surface area contributed by atoms with Gasteiger partial charge in [0.05, 0.1) is 11.2 Å². The molecular formula is C26H25Cl2N7O4S. The van der Waals surface area contributed by atoms with Crippen LogP contribution >= 0.6 is 23.2 Å². The standard InChI is InChI=1S/C26H25Cl2N7O4S/c1-16-21(28)12-19(27)13-23(16)40(38,39)35(15-25(36)37)20-2-3-22-17(10-20)4-7-34(22)26-18(14-29)11-24(31-32-26)33-8-5-30-6-9-33/h2-4,7,10-13,16,23,30H,5-6,8-9,15H2,1H3,(H,36,37). The summed E-state index contributed by atoms with van der Waals surface area (Å²) in [4.78, 5) is 13.8. The Labute approximate surface area is 241 Å². The van der Waals surface area contributed by atoms with E-state index in [1.165, 1.54) is 18.2 Å². The lowest BCUT2D eigenvalue weighted by Gasteiger charge is -2.31. The molecule has 1 aliphatic carbocycles. The van der Waals surface area contributed by atoms with E-state index in [9.17, 15) is 23.6 Å². The number of sulfonamides is 1. The number of carboxylic acids is 1. The van der Waals surface area contributed by atoms with Crippen LogP contribution < -0.4 is 14.5 Å². The Morgan fingerprint density at radius 1 is 1.23 bits per heavy atom. The molecule has 208 valence electrons. The van der Waals surface area contributed by atoms with Crippen molar-refractivity contribution in [2.75, 3.05) is 41.9 Å². The molecule has 2 aromatic heterocycles. The molecule has 40 heavy (non-hydrogen) atoms. The van der Waals surface area contributed by atoms with Gasteiger partial charge in [0, 0.05) is 59.8 Å². The molecule has 3 heterocycles. The van der Waals surface area contributed by atoms with Gasteiger partial charge in [-0.1, -0.05) is 30.1 Å². The molecule has 5 rings (SSSR count). The molecule has 1 fully saturated rings. The number of anilines is 2. The maximum Gasteiger partial charge on any atom is 0.324 e. The SMILES string of the molecule is CC1C(Cl)=CC(Cl)=CC1S(=O)(=O)N(CC(=O)O)c1ccc2c(ccn2-c2nnc(N3CCNCC3)cc2C#N)c1. The summed E-state index contributed by atoms with van der Waals surface area (Å²) in [7, 11) is -4.24. The number of nitrogens with zero attached hydrogens (tertiary/aromatic N) is 6. The fourth-order valence-corrected chi connectivity index (χ4v) is 7.55. The maximum absolute atomic E-state index is 13.7. The molecule has 1 aliphatic heterocycles. The van der Waals surface area contributed by atoms with Crippen LogP contribution in [0.4, 0.5) is 11.5 Å². The molecule has 0 radical (unpaired) electrons. The van der Waals surface area contributed by atoms with Crippen molar-refractivity contribution >= 4 is 61.6 Å².